The van der Waals surface area contributed by atoms with Gasteiger partial charge in [-0.1, -0.05) is 31.5 Å². The van der Waals surface area contributed by atoms with Crippen LogP contribution in [0.15, 0.2) is 41.2 Å². The smallest absolute Gasteiger partial charge is 0.257 e. The third-order valence-electron chi connectivity index (χ3n) is 4.67. The lowest BCUT2D eigenvalue weighted by Crippen LogP contribution is -2.25. The Balaban J connectivity index is 1.95. The zero-order valence-corrected chi connectivity index (χ0v) is 14.0. The van der Waals surface area contributed by atoms with E-state index < -0.39 is 0 Å². The lowest BCUT2D eigenvalue weighted by molar-refractivity contribution is 0.182. The van der Waals surface area contributed by atoms with Crippen molar-refractivity contribution >= 4 is 10.9 Å². The van der Waals surface area contributed by atoms with Gasteiger partial charge in [-0.3, -0.25) is 4.79 Å². The number of ether oxygens (including phenoxy) is 1. The maximum atomic E-state index is 13.0. The first-order valence-corrected chi connectivity index (χ1v) is 8.36. The van der Waals surface area contributed by atoms with Gasteiger partial charge >= 0.3 is 0 Å². The quantitative estimate of drug-likeness (QED) is 0.578. The molecule has 0 fully saturated rings. The number of rotatable bonds is 4. The Morgan fingerprint density at radius 2 is 2.08 bits per heavy atom. The largest absolute Gasteiger partial charge is 0.380 e. The van der Waals surface area contributed by atoms with Gasteiger partial charge in [0.15, 0.2) is 0 Å². The Morgan fingerprint density at radius 1 is 1.25 bits per heavy atom. The molecule has 1 aromatic carbocycles. The standard InChI is InChI=1S/C20H20N2O2/c1-3-6-13-10-18-19-15(9-14-7-4-5-8-17(14)21-19)11-22(18)20(23)16(13)12-24-2/h4-5,7-10H,3,6,11-12H2,1-2H3. The lowest BCUT2D eigenvalue weighted by Gasteiger charge is -2.12. The fraction of sp³-hybridized carbons (Fsp3) is 0.300. The molecule has 4 rings (SSSR count). The number of aromatic nitrogens is 2. The maximum absolute atomic E-state index is 13.0. The van der Waals surface area contributed by atoms with Crippen molar-refractivity contribution < 1.29 is 4.74 Å². The van der Waals surface area contributed by atoms with Crippen molar-refractivity contribution in [1.82, 2.24) is 9.55 Å². The summed E-state index contributed by atoms with van der Waals surface area (Å²) >= 11 is 0. The minimum Gasteiger partial charge on any atom is -0.380 e. The molecule has 1 aliphatic heterocycles. The van der Waals surface area contributed by atoms with Crippen LogP contribution in [0.25, 0.3) is 22.3 Å². The third-order valence-corrected chi connectivity index (χ3v) is 4.67. The lowest BCUT2D eigenvalue weighted by atomic mass is 10.0. The number of benzene rings is 1. The number of fused-ring (bicyclic) bond motifs is 4. The van der Waals surface area contributed by atoms with Gasteiger partial charge < -0.3 is 9.30 Å². The number of aryl methyl sites for hydroxylation is 1. The molecule has 0 aliphatic carbocycles. The van der Waals surface area contributed by atoms with Crippen LogP contribution in [0.2, 0.25) is 0 Å². The predicted molar refractivity (Wildman–Crippen MR) is 95.2 cm³/mol. The molecule has 1 aliphatic rings. The summed E-state index contributed by atoms with van der Waals surface area (Å²) in [4.78, 5) is 17.8. The first kappa shape index (κ1) is 15.1. The van der Waals surface area contributed by atoms with Gasteiger partial charge in [-0.2, -0.15) is 0 Å². The van der Waals surface area contributed by atoms with E-state index in [1.54, 1.807) is 7.11 Å². The van der Waals surface area contributed by atoms with Crippen molar-refractivity contribution in [1.29, 1.82) is 0 Å². The molecule has 4 heteroatoms. The first-order chi connectivity index (χ1) is 11.7. The molecule has 2 aromatic heterocycles. The van der Waals surface area contributed by atoms with Gasteiger partial charge in [0, 0.05) is 23.6 Å². The molecule has 0 radical (unpaired) electrons. The highest BCUT2D eigenvalue weighted by atomic mass is 16.5. The van der Waals surface area contributed by atoms with Crippen LogP contribution >= 0.6 is 0 Å². The van der Waals surface area contributed by atoms with E-state index in [4.69, 9.17) is 9.72 Å². The van der Waals surface area contributed by atoms with Crippen LogP contribution < -0.4 is 5.56 Å². The van der Waals surface area contributed by atoms with Crippen molar-refractivity contribution in [3.8, 4) is 11.4 Å². The van der Waals surface area contributed by atoms with Gasteiger partial charge in [-0.15, -0.1) is 0 Å². The SMILES string of the molecule is CCCc1cc2n(c(=O)c1COC)Cc1cc3ccccc3nc1-2. The number of hydrogen-bond acceptors (Lipinski definition) is 3. The number of para-hydroxylation sites is 1. The summed E-state index contributed by atoms with van der Waals surface area (Å²) in [7, 11) is 1.64. The maximum Gasteiger partial charge on any atom is 0.257 e. The Morgan fingerprint density at radius 3 is 2.88 bits per heavy atom. The molecular formula is C20H20N2O2. The molecule has 0 N–H and O–H groups in total. The molecule has 4 nitrogen and oxygen atoms in total. The molecule has 122 valence electrons. The van der Waals surface area contributed by atoms with E-state index >= 15 is 0 Å². The van der Waals surface area contributed by atoms with Crippen LogP contribution in [0.5, 0.6) is 0 Å². The molecule has 0 atom stereocenters. The van der Waals surface area contributed by atoms with E-state index in [9.17, 15) is 4.79 Å². The molecule has 0 amide bonds. The Kier molecular flexibility index (Phi) is 3.69. The molecule has 24 heavy (non-hydrogen) atoms. The average Bonchev–Trinajstić information content (AvgIpc) is 2.94. The van der Waals surface area contributed by atoms with E-state index in [0.717, 1.165) is 51.8 Å². The van der Waals surface area contributed by atoms with Crippen molar-refractivity contribution in [2.24, 2.45) is 0 Å². The van der Waals surface area contributed by atoms with Crippen LogP contribution in [-0.4, -0.2) is 16.7 Å². The zero-order chi connectivity index (χ0) is 16.7. The van der Waals surface area contributed by atoms with Gasteiger partial charge in [0.25, 0.3) is 5.56 Å². The van der Waals surface area contributed by atoms with Gasteiger partial charge in [0.2, 0.25) is 0 Å². The van der Waals surface area contributed by atoms with E-state index in [1.165, 1.54) is 0 Å². The van der Waals surface area contributed by atoms with Crippen LogP contribution in [0.1, 0.15) is 30.0 Å². The number of methoxy groups -OCH3 is 1. The van der Waals surface area contributed by atoms with E-state index in [-0.39, 0.29) is 5.56 Å². The van der Waals surface area contributed by atoms with Gasteiger partial charge in [-0.05, 0) is 30.2 Å². The fourth-order valence-electron chi connectivity index (χ4n) is 3.56. The van der Waals surface area contributed by atoms with Crippen molar-refractivity contribution in [3.63, 3.8) is 0 Å². The zero-order valence-electron chi connectivity index (χ0n) is 14.0. The average molecular weight is 320 g/mol. The summed E-state index contributed by atoms with van der Waals surface area (Å²) < 4.78 is 7.10. The molecule has 0 spiro atoms. The third kappa shape index (κ3) is 2.26. The molecule has 0 bridgehead atoms. The van der Waals surface area contributed by atoms with Gasteiger partial charge in [0.05, 0.1) is 30.1 Å². The highest BCUT2D eigenvalue weighted by molar-refractivity contribution is 5.83. The summed E-state index contributed by atoms with van der Waals surface area (Å²) in [5.41, 5.74) is 5.87. The minimum atomic E-state index is 0.0554. The minimum absolute atomic E-state index is 0.0554. The predicted octanol–water partition coefficient (Wildman–Crippen LogP) is 3.52. The van der Waals surface area contributed by atoms with Gasteiger partial charge in [0.1, 0.15) is 0 Å². The van der Waals surface area contributed by atoms with E-state index in [2.05, 4.69) is 25.1 Å². The van der Waals surface area contributed by atoms with Crippen molar-refractivity contribution in [3.05, 3.63) is 63.4 Å². The van der Waals surface area contributed by atoms with Gasteiger partial charge in [-0.25, -0.2) is 4.98 Å². The molecule has 0 saturated carbocycles. The van der Waals surface area contributed by atoms with E-state index in [1.807, 2.05) is 22.8 Å². The number of nitrogens with zero attached hydrogens (tertiary/aromatic N) is 2. The molecular weight excluding hydrogens is 300 g/mol. The summed E-state index contributed by atoms with van der Waals surface area (Å²) in [6, 6.07) is 12.4. The normalized spacial score (nSPS) is 12.4. The Hall–Kier alpha value is -2.46. The van der Waals surface area contributed by atoms with Crippen LogP contribution in [0, 0.1) is 0 Å². The van der Waals surface area contributed by atoms with E-state index in [0.29, 0.717) is 13.2 Å². The summed E-state index contributed by atoms with van der Waals surface area (Å²) in [6.07, 6.45) is 1.88. The fourth-order valence-corrected chi connectivity index (χ4v) is 3.56. The molecule has 0 saturated heterocycles. The Labute approximate surface area is 140 Å². The topological polar surface area (TPSA) is 44.1 Å². The summed E-state index contributed by atoms with van der Waals surface area (Å²) in [5, 5.41) is 1.11. The number of pyridine rings is 2. The van der Waals surface area contributed by atoms with Crippen molar-refractivity contribution in [2.75, 3.05) is 7.11 Å². The second-order valence-electron chi connectivity index (χ2n) is 6.30. The van der Waals surface area contributed by atoms with Crippen LogP contribution in [0.3, 0.4) is 0 Å². The second kappa shape index (κ2) is 5.87. The Bertz CT molecular complexity index is 989. The molecule has 3 aromatic rings. The number of hydrogen-bond donors (Lipinski definition) is 0. The van der Waals surface area contributed by atoms with Crippen molar-refractivity contribution in [2.45, 2.75) is 32.9 Å². The highest BCUT2D eigenvalue weighted by Crippen LogP contribution is 2.32. The highest BCUT2D eigenvalue weighted by Gasteiger charge is 2.24. The summed E-state index contributed by atoms with van der Waals surface area (Å²) in [5.74, 6) is 0. The monoisotopic (exact) mass is 320 g/mol. The van der Waals surface area contributed by atoms with Crippen LogP contribution in [0.4, 0.5) is 0 Å². The van der Waals surface area contributed by atoms with Crippen LogP contribution in [-0.2, 0) is 24.3 Å². The summed E-state index contributed by atoms with van der Waals surface area (Å²) in [6.45, 7) is 3.08. The molecule has 3 heterocycles. The second-order valence-corrected chi connectivity index (χ2v) is 6.30. The first-order valence-electron chi connectivity index (χ1n) is 8.36. The molecule has 0 unspecified atom stereocenters.